The van der Waals surface area contributed by atoms with Gasteiger partial charge in [-0.3, -0.25) is 4.79 Å². The number of halogens is 1. The maximum Gasteiger partial charge on any atom is 0.256 e. The lowest BCUT2D eigenvalue weighted by molar-refractivity contribution is 0.102. The van der Waals surface area contributed by atoms with Crippen LogP contribution in [0.3, 0.4) is 0 Å². The molecule has 1 amide bonds. The van der Waals surface area contributed by atoms with E-state index in [0.29, 0.717) is 17.3 Å². The molecule has 4 rings (SSSR count). The molecule has 0 aliphatic rings. The topological polar surface area (TPSA) is 64.7 Å². The van der Waals surface area contributed by atoms with E-state index in [4.69, 9.17) is 4.98 Å². The first-order valence-corrected chi connectivity index (χ1v) is 9.45. The van der Waals surface area contributed by atoms with E-state index in [1.807, 2.05) is 49.4 Å². The molecule has 0 saturated carbocycles. The molecule has 136 valence electrons. The van der Waals surface area contributed by atoms with Gasteiger partial charge in [-0.15, -0.1) is 0 Å². The highest BCUT2D eigenvalue weighted by molar-refractivity contribution is 9.10. The molecule has 27 heavy (non-hydrogen) atoms. The molecule has 0 radical (unpaired) electrons. The number of carbonyl (C=O) groups is 1. The van der Waals surface area contributed by atoms with Crippen molar-refractivity contribution in [3.8, 4) is 5.95 Å². The third-order valence-corrected chi connectivity index (χ3v) is 4.85. The molecule has 7 heteroatoms. The first-order chi connectivity index (χ1) is 13.1. The van der Waals surface area contributed by atoms with Crippen LogP contribution in [0.4, 0.5) is 5.82 Å². The molecule has 2 aromatic carbocycles. The average Bonchev–Trinajstić information content (AvgIpc) is 3.21. The van der Waals surface area contributed by atoms with Gasteiger partial charge < -0.3 is 9.88 Å². The van der Waals surface area contributed by atoms with Gasteiger partial charge in [0.05, 0.1) is 16.7 Å². The number of para-hydroxylation sites is 2. The number of benzene rings is 2. The van der Waals surface area contributed by atoms with Crippen molar-refractivity contribution in [1.29, 1.82) is 0 Å². The Balaban J connectivity index is 1.76. The van der Waals surface area contributed by atoms with Crippen molar-refractivity contribution < 1.29 is 4.79 Å². The Labute approximate surface area is 165 Å². The van der Waals surface area contributed by atoms with Gasteiger partial charge in [0.25, 0.3) is 5.91 Å². The highest BCUT2D eigenvalue weighted by Crippen LogP contribution is 2.23. The van der Waals surface area contributed by atoms with Gasteiger partial charge in [-0.2, -0.15) is 9.78 Å². The van der Waals surface area contributed by atoms with Crippen LogP contribution < -0.4 is 5.32 Å². The molecular formula is C20H18BrN5O. The normalized spacial score (nSPS) is 11.1. The monoisotopic (exact) mass is 423 g/mol. The smallest absolute Gasteiger partial charge is 0.256 e. The number of nitrogens with zero attached hydrogens (tertiary/aromatic N) is 4. The molecule has 4 aromatic rings. The van der Waals surface area contributed by atoms with Crippen molar-refractivity contribution in [3.05, 3.63) is 70.3 Å². The minimum atomic E-state index is -0.192. The molecule has 0 spiro atoms. The van der Waals surface area contributed by atoms with Gasteiger partial charge in [-0.1, -0.05) is 28.1 Å². The highest BCUT2D eigenvalue weighted by Gasteiger charge is 2.17. The van der Waals surface area contributed by atoms with E-state index in [-0.39, 0.29) is 5.91 Å². The Bertz CT molecular complexity index is 1130. The number of hydrogen-bond donors (Lipinski definition) is 1. The van der Waals surface area contributed by atoms with Crippen molar-refractivity contribution in [2.24, 2.45) is 0 Å². The summed E-state index contributed by atoms with van der Waals surface area (Å²) in [6.07, 6.45) is 0. The van der Waals surface area contributed by atoms with Gasteiger partial charge >= 0.3 is 0 Å². The van der Waals surface area contributed by atoms with Gasteiger partial charge in [0, 0.05) is 22.6 Å². The minimum absolute atomic E-state index is 0.192. The zero-order valence-electron chi connectivity index (χ0n) is 15.0. The van der Waals surface area contributed by atoms with Crippen LogP contribution in [0.5, 0.6) is 0 Å². The number of hydrogen-bond acceptors (Lipinski definition) is 3. The second-order valence-corrected chi connectivity index (χ2v) is 7.10. The van der Waals surface area contributed by atoms with Crippen LogP contribution in [0.25, 0.3) is 17.0 Å². The molecule has 0 saturated heterocycles. The fraction of sp³-hybridized carbons (Fsp3) is 0.150. The van der Waals surface area contributed by atoms with Gasteiger partial charge in [-0.05, 0) is 50.2 Å². The van der Waals surface area contributed by atoms with Gasteiger partial charge in [0.2, 0.25) is 5.95 Å². The summed E-state index contributed by atoms with van der Waals surface area (Å²) in [6.45, 7) is 4.70. The highest BCUT2D eigenvalue weighted by atomic mass is 79.9. The Morgan fingerprint density at radius 1 is 1.15 bits per heavy atom. The number of imidazole rings is 1. The van der Waals surface area contributed by atoms with Crippen LogP contribution in [0.15, 0.2) is 59.1 Å². The zero-order valence-corrected chi connectivity index (χ0v) is 16.6. The summed E-state index contributed by atoms with van der Waals surface area (Å²) in [5.41, 5.74) is 3.31. The van der Waals surface area contributed by atoms with Gasteiger partial charge in [-0.25, -0.2) is 4.98 Å². The van der Waals surface area contributed by atoms with Crippen LogP contribution >= 0.6 is 15.9 Å². The lowest BCUT2D eigenvalue weighted by Crippen LogP contribution is -2.17. The largest absolute Gasteiger partial charge is 0.309 e. The first-order valence-electron chi connectivity index (χ1n) is 8.66. The molecule has 2 heterocycles. The zero-order chi connectivity index (χ0) is 19.0. The van der Waals surface area contributed by atoms with Crippen LogP contribution in [0, 0.1) is 6.92 Å². The van der Waals surface area contributed by atoms with E-state index < -0.39 is 0 Å². The van der Waals surface area contributed by atoms with Crippen molar-refractivity contribution >= 4 is 38.7 Å². The number of nitrogens with one attached hydrogen (secondary N) is 1. The van der Waals surface area contributed by atoms with E-state index in [9.17, 15) is 4.79 Å². The second kappa shape index (κ2) is 7.00. The molecule has 0 aliphatic carbocycles. The predicted molar refractivity (Wildman–Crippen MR) is 109 cm³/mol. The third kappa shape index (κ3) is 3.26. The molecule has 6 nitrogen and oxygen atoms in total. The molecule has 0 unspecified atom stereocenters. The molecular weight excluding hydrogens is 406 g/mol. The summed E-state index contributed by atoms with van der Waals surface area (Å²) in [5, 5.41) is 7.51. The maximum atomic E-state index is 12.7. The predicted octanol–water partition coefficient (Wildman–Crippen LogP) is 4.57. The van der Waals surface area contributed by atoms with Crippen LogP contribution in [0.2, 0.25) is 0 Å². The lowest BCUT2D eigenvalue weighted by atomic mass is 10.2. The molecule has 0 fully saturated rings. The maximum absolute atomic E-state index is 12.7. The SMILES string of the molecule is CCn1c(-n2nc(C)cc2NC(=O)c2ccc(Br)cc2)nc2ccccc21. The minimum Gasteiger partial charge on any atom is -0.309 e. The lowest BCUT2D eigenvalue weighted by Gasteiger charge is -2.10. The second-order valence-electron chi connectivity index (χ2n) is 6.19. The van der Waals surface area contributed by atoms with Gasteiger partial charge in [0.15, 0.2) is 0 Å². The number of rotatable bonds is 4. The van der Waals surface area contributed by atoms with Crippen molar-refractivity contribution in [1.82, 2.24) is 19.3 Å². The Morgan fingerprint density at radius 2 is 1.89 bits per heavy atom. The average molecular weight is 424 g/mol. The first kappa shape index (κ1) is 17.5. The van der Waals surface area contributed by atoms with Crippen LogP contribution in [-0.2, 0) is 6.54 Å². The fourth-order valence-electron chi connectivity index (χ4n) is 3.07. The summed E-state index contributed by atoms with van der Waals surface area (Å²) >= 11 is 3.38. The molecule has 1 N–H and O–H groups in total. The summed E-state index contributed by atoms with van der Waals surface area (Å²) in [5.74, 6) is 1.08. The van der Waals surface area contributed by atoms with Crippen molar-refractivity contribution in [2.45, 2.75) is 20.4 Å². The summed E-state index contributed by atoms with van der Waals surface area (Å²) in [6, 6.07) is 17.0. The molecule has 0 aliphatic heterocycles. The number of aromatic nitrogens is 4. The van der Waals surface area contributed by atoms with E-state index in [2.05, 4.69) is 37.8 Å². The molecule has 0 bridgehead atoms. The molecule has 0 atom stereocenters. The third-order valence-electron chi connectivity index (χ3n) is 4.32. The molecule has 2 aromatic heterocycles. The van der Waals surface area contributed by atoms with E-state index in [1.165, 1.54) is 0 Å². The summed E-state index contributed by atoms with van der Waals surface area (Å²) in [7, 11) is 0. The number of anilines is 1. The van der Waals surface area contributed by atoms with E-state index in [0.717, 1.165) is 27.7 Å². The summed E-state index contributed by atoms with van der Waals surface area (Å²) < 4.78 is 4.70. The Hall–Kier alpha value is -2.93. The van der Waals surface area contributed by atoms with Crippen molar-refractivity contribution in [3.63, 3.8) is 0 Å². The Morgan fingerprint density at radius 3 is 2.63 bits per heavy atom. The van der Waals surface area contributed by atoms with Crippen LogP contribution in [0.1, 0.15) is 23.0 Å². The Kier molecular flexibility index (Phi) is 4.53. The summed E-state index contributed by atoms with van der Waals surface area (Å²) in [4.78, 5) is 17.4. The number of aryl methyl sites for hydroxylation is 2. The quantitative estimate of drug-likeness (QED) is 0.522. The van der Waals surface area contributed by atoms with Gasteiger partial charge in [0.1, 0.15) is 5.82 Å². The van der Waals surface area contributed by atoms with Crippen LogP contribution in [-0.4, -0.2) is 25.2 Å². The number of amides is 1. The van der Waals surface area contributed by atoms with E-state index in [1.54, 1.807) is 16.8 Å². The standard InChI is InChI=1S/C20H18BrN5O/c1-3-25-17-7-5-4-6-16(17)22-20(25)26-18(12-13(2)24-26)23-19(27)14-8-10-15(21)11-9-14/h4-12H,3H2,1-2H3,(H,23,27). The number of carbonyl (C=O) groups excluding carboxylic acids is 1. The van der Waals surface area contributed by atoms with Crippen molar-refractivity contribution in [2.75, 3.05) is 5.32 Å². The fourth-order valence-corrected chi connectivity index (χ4v) is 3.33. The van der Waals surface area contributed by atoms with E-state index >= 15 is 0 Å². The number of fused-ring (bicyclic) bond motifs is 1.